The molecule has 1 aliphatic heterocycles. The fraction of sp³-hybridized carbons (Fsp3) is 0.897. The zero-order valence-electron chi connectivity index (χ0n) is 30.9. The van der Waals surface area contributed by atoms with Gasteiger partial charge in [0.1, 0.15) is 31.0 Å². The van der Waals surface area contributed by atoms with Crippen LogP contribution in [0.5, 0.6) is 0 Å². The molecule has 0 bridgehead atoms. The molecule has 1 rings (SSSR count). The Kier molecular flexibility index (Phi) is 28.9. The maximum atomic E-state index is 12.6. The number of allylic oxidation sites excluding steroid dienone is 2. The van der Waals surface area contributed by atoms with Gasteiger partial charge in [-0.05, 0) is 32.1 Å². The van der Waals surface area contributed by atoms with E-state index in [1.807, 2.05) is 0 Å². The first-order chi connectivity index (χ1) is 23.8. The van der Waals surface area contributed by atoms with Gasteiger partial charge in [0.05, 0.1) is 13.2 Å². The van der Waals surface area contributed by atoms with Gasteiger partial charge in [0.15, 0.2) is 12.4 Å². The number of aliphatic hydroxyl groups is 4. The van der Waals surface area contributed by atoms with E-state index in [-0.39, 0.29) is 32.0 Å². The van der Waals surface area contributed by atoms with E-state index < -0.39 is 49.4 Å². The number of carbonyl (C=O) groups excluding carboxylic acids is 2. The third-order valence-corrected chi connectivity index (χ3v) is 9.13. The molecule has 6 unspecified atom stereocenters. The number of rotatable bonds is 32. The number of ether oxygens (including phenoxy) is 4. The van der Waals surface area contributed by atoms with Gasteiger partial charge in [0.2, 0.25) is 0 Å². The van der Waals surface area contributed by atoms with Gasteiger partial charge in [-0.2, -0.15) is 0 Å². The Morgan fingerprint density at radius 3 is 1.67 bits per heavy atom. The number of aliphatic hydroxyl groups excluding tert-OH is 4. The quantitative estimate of drug-likeness (QED) is 0.0322. The van der Waals surface area contributed by atoms with Crippen LogP contribution in [0.4, 0.5) is 0 Å². The average molecular weight is 701 g/mol. The molecule has 49 heavy (non-hydrogen) atoms. The summed E-state index contributed by atoms with van der Waals surface area (Å²) >= 11 is 0. The van der Waals surface area contributed by atoms with Crippen molar-refractivity contribution in [3.63, 3.8) is 0 Å². The molecule has 6 atom stereocenters. The number of carbonyl (C=O) groups is 2. The second-order valence-corrected chi connectivity index (χ2v) is 13.7. The van der Waals surface area contributed by atoms with E-state index in [4.69, 9.17) is 18.9 Å². The van der Waals surface area contributed by atoms with E-state index >= 15 is 0 Å². The zero-order valence-corrected chi connectivity index (χ0v) is 30.9. The lowest BCUT2D eigenvalue weighted by Crippen LogP contribution is -2.59. The topological polar surface area (TPSA) is 152 Å². The molecule has 0 saturated carbocycles. The monoisotopic (exact) mass is 701 g/mol. The van der Waals surface area contributed by atoms with Crippen molar-refractivity contribution in [1.82, 2.24) is 0 Å². The molecule has 1 saturated heterocycles. The SMILES string of the molecule is CCC/C=C\CCCCCCCC(=O)OC(COC(=O)CCCCCCCCCCCCCCCC)COC1OC(CO)C(O)C(O)C1O. The molecular formula is C39H72O10. The van der Waals surface area contributed by atoms with Crippen molar-refractivity contribution in [2.75, 3.05) is 19.8 Å². The molecule has 0 aliphatic carbocycles. The van der Waals surface area contributed by atoms with Gasteiger partial charge in [-0.15, -0.1) is 0 Å². The molecule has 4 N–H and O–H groups in total. The van der Waals surface area contributed by atoms with Crippen LogP contribution in [-0.2, 0) is 28.5 Å². The molecule has 1 heterocycles. The predicted octanol–water partition coefficient (Wildman–Crippen LogP) is 7.22. The molecule has 0 aromatic carbocycles. The molecule has 10 heteroatoms. The van der Waals surface area contributed by atoms with E-state index in [2.05, 4.69) is 26.0 Å². The minimum absolute atomic E-state index is 0.216. The van der Waals surface area contributed by atoms with Gasteiger partial charge in [-0.1, -0.05) is 135 Å². The second kappa shape index (κ2) is 31.2. The van der Waals surface area contributed by atoms with E-state index in [1.165, 1.54) is 70.6 Å². The molecule has 0 radical (unpaired) electrons. The van der Waals surface area contributed by atoms with Gasteiger partial charge in [-0.25, -0.2) is 0 Å². The van der Waals surface area contributed by atoms with Gasteiger partial charge >= 0.3 is 11.9 Å². The first-order valence-electron chi connectivity index (χ1n) is 19.8. The second-order valence-electron chi connectivity index (χ2n) is 13.7. The largest absolute Gasteiger partial charge is 0.462 e. The van der Waals surface area contributed by atoms with Crippen molar-refractivity contribution in [3.8, 4) is 0 Å². The highest BCUT2D eigenvalue weighted by Crippen LogP contribution is 2.22. The Labute approximate surface area is 297 Å². The van der Waals surface area contributed by atoms with Crippen LogP contribution in [0.15, 0.2) is 12.2 Å². The Morgan fingerprint density at radius 2 is 1.12 bits per heavy atom. The van der Waals surface area contributed by atoms with Crippen molar-refractivity contribution in [1.29, 1.82) is 0 Å². The fourth-order valence-electron chi connectivity index (χ4n) is 5.95. The van der Waals surface area contributed by atoms with Gasteiger partial charge in [0.25, 0.3) is 0 Å². The highest BCUT2D eigenvalue weighted by atomic mass is 16.7. The summed E-state index contributed by atoms with van der Waals surface area (Å²) in [6.07, 6.45) is 22.3. The minimum Gasteiger partial charge on any atom is -0.462 e. The number of hydrogen-bond acceptors (Lipinski definition) is 10. The molecule has 0 aromatic heterocycles. The summed E-state index contributed by atoms with van der Waals surface area (Å²) in [7, 11) is 0. The van der Waals surface area contributed by atoms with Crippen molar-refractivity contribution in [2.24, 2.45) is 0 Å². The summed E-state index contributed by atoms with van der Waals surface area (Å²) in [6, 6.07) is 0. The fourth-order valence-corrected chi connectivity index (χ4v) is 5.95. The van der Waals surface area contributed by atoms with Crippen LogP contribution in [0.1, 0.15) is 168 Å². The molecule has 1 aliphatic rings. The maximum Gasteiger partial charge on any atom is 0.306 e. The average Bonchev–Trinajstić information content (AvgIpc) is 3.10. The summed E-state index contributed by atoms with van der Waals surface area (Å²) in [5, 5.41) is 39.9. The molecular weight excluding hydrogens is 628 g/mol. The van der Waals surface area contributed by atoms with Crippen LogP contribution < -0.4 is 0 Å². The van der Waals surface area contributed by atoms with Gasteiger partial charge in [-0.3, -0.25) is 9.59 Å². The Bertz CT molecular complexity index is 820. The summed E-state index contributed by atoms with van der Waals surface area (Å²) < 4.78 is 22.0. The van der Waals surface area contributed by atoms with Crippen LogP contribution in [0.3, 0.4) is 0 Å². The third-order valence-electron chi connectivity index (χ3n) is 9.13. The van der Waals surface area contributed by atoms with Gasteiger partial charge in [0, 0.05) is 12.8 Å². The molecule has 0 aromatic rings. The van der Waals surface area contributed by atoms with E-state index in [0.29, 0.717) is 6.42 Å². The number of hydrogen-bond donors (Lipinski definition) is 4. The molecule has 1 fully saturated rings. The van der Waals surface area contributed by atoms with E-state index in [9.17, 15) is 30.0 Å². The van der Waals surface area contributed by atoms with Crippen LogP contribution in [0, 0.1) is 0 Å². The summed E-state index contributed by atoms with van der Waals surface area (Å²) in [4.78, 5) is 25.1. The van der Waals surface area contributed by atoms with Crippen molar-refractivity contribution in [2.45, 2.75) is 205 Å². The van der Waals surface area contributed by atoms with Crippen molar-refractivity contribution in [3.05, 3.63) is 12.2 Å². The Balaban J connectivity index is 2.37. The minimum atomic E-state index is -1.59. The Morgan fingerprint density at radius 1 is 0.612 bits per heavy atom. The Hall–Kier alpha value is -1.56. The molecule has 0 amide bonds. The normalized spacial score (nSPS) is 21.6. The zero-order chi connectivity index (χ0) is 36.0. The lowest BCUT2D eigenvalue weighted by Gasteiger charge is -2.39. The van der Waals surface area contributed by atoms with E-state index in [1.54, 1.807) is 0 Å². The van der Waals surface area contributed by atoms with E-state index in [0.717, 1.165) is 64.2 Å². The van der Waals surface area contributed by atoms with Crippen LogP contribution >= 0.6 is 0 Å². The first-order valence-corrected chi connectivity index (χ1v) is 19.8. The lowest BCUT2D eigenvalue weighted by molar-refractivity contribution is -0.305. The number of esters is 2. The summed E-state index contributed by atoms with van der Waals surface area (Å²) in [5.74, 6) is -0.815. The predicted molar refractivity (Wildman–Crippen MR) is 192 cm³/mol. The lowest BCUT2D eigenvalue weighted by atomic mass is 9.99. The standard InChI is InChI=1S/C39H72O10/c1-3-5-7-9-11-13-15-16-17-18-20-21-23-25-27-34(41)46-30-32(31-47-39-38(45)37(44)36(43)33(29-40)49-39)48-35(42)28-26-24-22-19-14-12-10-8-6-4-2/h8,10,32-33,36-40,43-45H,3-7,9,11-31H2,1-2H3/b10-8-. The van der Waals surface area contributed by atoms with Crippen LogP contribution in [0.25, 0.3) is 0 Å². The molecule has 0 spiro atoms. The summed E-state index contributed by atoms with van der Waals surface area (Å²) in [6.45, 7) is 3.34. The maximum absolute atomic E-state index is 12.6. The number of unbranched alkanes of at least 4 members (excludes halogenated alkanes) is 19. The highest BCUT2D eigenvalue weighted by Gasteiger charge is 2.44. The summed E-state index contributed by atoms with van der Waals surface area (Å²) in [5.41, 5.74) is 0. The van der Waals surface area contributed by atoms with Crippen molar-refractivity contribution < 1.29 is 49.0 Å². The smallest absolute Gasteiger partial charge is 0.306 e. The van der Waals surface area contributed by atoms with Gasteiger partial charge < -0.3 is 39.4 Å². The van der Waals surface area contributed by atoms with Crippen molar-refractivity contribution >= 4 is 11.9 Å². The molecule has 10 nitrogen and oxygen atoms in total. The highest BCUT2D eigenvalue weighted by molar-refractivity contribution is 5.70. The van der Waals surface area contributed by atoms with Crippen LogP contribution in [0.2, 0.25) is 0 Å². The van der Waals surface area contributed by atoms with Crippen LogP contribution in [-0.4, -0.2) is 89.0 Å². The first kappa shape index (κ1) is 45.5. The third kappa shape index (κ3) is 23.5. The molecule has 288 valence electrons.